The first kappa shape index (κ1) is 13.8. The Bertz CT molecular complexity index is 735. The number of rotatable bonds is 3. The number of carboxylic acids is 1. The molecule has 0 amide bonds. The molecule has 1 aromatic carbocycles. The lowest BCUT2D eigenvalue weighted by molar-refractivity contribution is 0.0698. The van der Waals surface area contributed by atoms with Gasteiger partial charge in [-0.15, -0.1) is 0 Å². The van der Waals surface area contributed by atoms with Gasteiger partial charge in [0.1, 0.15) is 16.9 Å². The number of aryl methyl sites for hydroxylation is 2. The normalized spacial score (nSPS) is 10.5. The molecule has 0 aliphatic carbocycles. The number of carboxylic acid groups (broad SMARTS) is 1. The Morgan fingerprint density at radius 3 is 2.70 bits per heavy atom. The van der Waals surface area contributed by atoms with E-state index in [2.05, 4.69) is 5.10 Å². The molecule has 0 aliphatic rings. The fourth-order valence-corrected chi connectivity index (χ4v) is 2.01. The summed E-state index contributed by atoms with van der Waals surface area (Å²) >= 11 is 0. The van der Waals surface area contributed by atoms with E-state index in [1.807, 2.05) is 13.0 Å². The molecule has 0 unspecified atom stereocenters. The summed E-state index contributed by atoms with van der Waals surface area (Å²) in [5.74, 6) is -1.26. The molecule has 0 atom stereocenters. The summed E-state index contributed by atoms with van der Waals surface area (Å²) < 4.78 is 1.17. The number of aromatic carboxylic acids is 1. The van der Waals surface area contributed by atoms with E-state index in [0.717, 1.165) is 5.56 Å². The minimum Gasteiger partial charge on any atom is -0.478 e. The molecule has 2 rings (SSSR count). The number of nitrogens with zero attached hydrogens (tertiary/aromatic N) is 2. The SMILES string of the molecule is CCn1nc(-c2cccc(C)c2)c(C(=O)O)c(N)c1=O. The minimum absolute atomic E-state index is 0.208. The molecule has 2 aromatic rings. The highest BCUT2D eigenvalue weighted by molar-refractivity contribution is 5.99. The van der Waals surface area contributed by atoms with Gasteiger partial charge in [0, 0.05) is 12.1 Å². The van der Waals surface area contributed by atoms with Gasteiger partial charge in [-0.3, -0.25) is 4.79 Å². The highest BCUT2D eigenvalue weighted by atomic mass is 16.4. The maximum atomic E-state index is 11.9. The number of nitrogen functional groups attached to an aromatic ring is 1. The third kappa shape index (κ3) is 2.27. The number of hydrogen-bond acceptors (Lipinski definition) is 4. The van der Waals surface area contributed by atoms with Crippen molar-refractivity contribution in [1.82, 2.24) is 9.78 Å². The van der Waals surface area contributed by atoms with Crippen molar-refractivity contribution in [3.8, 4) is 11.3 Å². The van der Waals surface area contributed by atoms with Crippen LogP contribution in [0.3, 0.4) is 0 Å². The predicted molar refractivity (Wildman–Crippen MR) is 75.7 cm³/mol. The van der Waals surface area contributed by atoms with E-state index in [0.29, 0.717) is 12.1 Å². The summed E-state index contributed by atoms with van der Waals surface area (Å²) in [6.45, 7) is 3.96. The van der Waals surface area contributed by atoms with Crippen LogP contribution < -0.4 is 11.3 Å². The van der Waals surface area contributed by atoms with Crippen molar-refractivity contribution in [3.05, 3.63) is 45.7 Å². The van der Waals surface area contributed by atoms with Crippen molar-refractivity contribution in [2.75, 3.05) is 5.73 Å². The standard InChI is InChI=1S/C14H15N3O3/c1-3-17-13(18)11(15)10(14(19)20)12(16-17)9-6-4-5-8(2)7-9/h4-7H,3,15H2,1-2H3,(H,19,20). The van der Waals surface area contributed by atoms with E-state index in [4.69, 9.17) is 5.73 Å². The molecule has 104 valence electrons. The Kier molecular flexibility index (Phi) is 3.56. The van der Waals surface area contributed by atoms with Crippen LogP contribution >= 0.6 is 0 Å². The van der Waals surface area contributed by atoms with Gasteiger partial charge in [-0.2, -0.15) is 5.10 Å². The third-order valence-corrected chi connectivity index (χ3v) is 3.00. The molecule has 3 N–H and O–H groups in total. The van der Waals surface area contributed by atoms with Crippen LogP contribution in [0.15, 0.2) is 29.1 Å². The van der Waals surface area contributed by atoms with Gasteiger partial charge in [0.2, 0.25) is 0 Å². The van der Waals surface area contributed by atoms with Crippen LogP contribution in [0.1, 0.15) is 22.8 Å². The largest absolute Gasteiger partial charge is 0.478 e. The fourth-order valence-electron chi connectivity index (χ4n) is 2.01. The first-order chi connectivity index (χ1) is 9.45. The van der Waals surface area contributed by atoms with Gasteiger partial charge < -0.3 is 10.8 Å². The lowest BCUT2D eigenvalue weighted by Gasteiger charge is -2.11. The second-order valence-corrected chi connectivity index (χ2v) is 4.43. The van der Waals surface area contributed by atoms with Crippen molar-refractivity contribution in [3.63, 3.8) is 0 Å². The summed E-state index contributed by atoms with van der Waals surface area (Å²) in [5, 5.41) is 13.4. The Hall–Kier alpha value is -2.63. The van der Waals surface area contributed by atoms with Gasteiger partial charge in [-0.25, -0.2) is 9.48 Å². The quantitative estimate of drug-likeness (QED) is 0.883. The van der Waals surface area contributed by atoms with Crippen molar-refractivity contribution < 1.29 is 9.90 Å². The van der Waals surface area contributed by atoms with Crippen LogP contribution in [0.2, 0.25) is 0 Å². The first-order valence-corrected chi connectivity index (χ1v) is 6.16. The number of nitrogens with two attached hydrogens (primary N) is 1. The van der Waals surface area contributed by atoms with Crippen LogP contribution in [-0.2, 0) is 6.54 Å². The smallest absolute Gasteiger partial charge is 0.340 e. The van der Waals surface area contributed by atoms with E-state index in [1.165, 1.54) is 4.68 Å². The molecule has 20 heavy (non-hydrogen) atoms. The Balaban J connectivity index is 2.84. The Labute approximate surface area is 115 Å². The van der Waals surface area contributed by atoms with Gasteiger partial charge in [0.05, 0.1) is 0 Å². The van der Waals surface area contributed by atoms with Crippen LogP contribution in [0.5, 0.6) is 0 Å². The molecule has 1 aromatic heterocycles. The number of aromatic nitrogens is 2. The zero-order valence-corrected chi connectivity index (χ0v) is 11.3. The average Bonchev–Trinajstić information content (AvgIpc) is 2.41. The molecule has 1 heterocycles. The maximum Gasteiger partial charge on any atom is 0.340 e. The molecular weight excluding hydrogens is 258 g/mol. The topological polar surface area (TPSA) is 98.2 Å². The fraction of sp³-hybridized carbons (Fsp3) is 0.214. The molecule has 0 radical (unpaired) electrons. The zero-order valence-electron chi connectivity index (χ0n) is 11.3. The van der Waals surface area contributed by atoms with E-state index < -0.39 is 11.5 Å². The van der Waals surface area contributed by atoms with E-state index in [-0.39, 0.29) is 16.9 Å². The van der Waals surface area contributed by atoms with Gasteiger partial charge in [0.25, 0.3) is 5.56 Å². The zero-order chi connectivity index (χ0) is 14.9. The number of carbonyl (C=O) groups is 1. The van der Waals surface area contributed by atoms with Crippen LogP contribution in [0.25, 0.3) is 11.3 Å². The van der Waals surface area contributed by atoms with E-state index in [1.54, 1.807) is 25.1 Å². The van der Waals surface area contributed by atoms with Crippen molar-refractivity contribution in [2.45, 2.75) is 20.4 Å². The molecule has 6 heteroatoms. The number of hydrogen-bond donors (Lipinski definition) is 2. The second kappa shape index (κ2) is 5.16. The number of anilines is 1. The molecule has 0 fully saturated rings. The van der Waals surface area contributed by atoms with Crippen molar-refractivity contribution >= 4 is 11.7 Å². The van der Waals surface area contributed by atoms with Crippen molar-refractivity contribution in [1.29, 1.82) is 0 Å². The molecule has 0 spiro atoms. The summed E-state index contributed by atoms with van der Waals surface area (Å²) in [5.41, 5.74) is 6.36. The lowest BCUT2D eigenvalue weighted by atomic mass is 10.0. The van der Waals surface area contributed by atoms with Gasteiger partial charge in [-0.05, 0) is 19.9 Å². The highest BCUT2D eigenvalue weighted by Gasteiger charge is 2.21. The summed E-state index contributed by atoms with van der Waals surface area (Å²) in [6, 6.07) is 7.24. The third-order valence-electron chi connectivity index (χ3n) is 3.00. The van der Waals surface area contributed by atoms with E-state index in [9.17, 15) is 14.7 Å². The highest BCUT2D eigenvalue weighted by Crippen LogP contribution is 2.24. The van der Waals surface area contributed by atoms with Crippen LogP contribution in [0.4, 0.5) is 5.69 Å². The second-order valence-electron chi connectivity index (χ2n) is 4.43. The Morgan fingerprint density at radius 2 is 2.15 bits per heavy atom. The monoisotopic (exact) mass is 273 g/mol. The molecule has 0 saturated carbocycles. The molecule has 0 bridgehead atoms. The van der Waals surface area contributed by atoms with Gasteiger partial charge in [0.15, 0.2) is 0 Å². The number of benzene rings is 1. The maximum absolute atomic E-state index is 11.9. The lowest BCUT2D eigenvalue weighted by Crippen LogP contribution is -2.28. The minimum atomic E-state index is -1.26. The van der Waals surface area contributed by atoms with E-state index >= 15 is 0 Å². The molecule has 0 aliphatic heterocycles. The molecule has 6 nitrogen and oxygen atoms in total. The Morgan fingerprint density at radius 1 is 1.45 bits per heavy atom. The predicted octanol–water partition coefficient (Wildman–Crippen LogP) is 1.52. The van der Waals surface area contributed by atoms with Crippen molar-refractivity contribution in [2.24, 2.45) is 0 Å². The van der Waals surface area contributed by atoms with Gasteiger partial charge >= 0.3 is 5.97 Å². The summed E-state index contributed by atoms with van der Waals surface area (Å²) in [4.78, 5) is 23.3. The summed E-state index contributed by atoms with van der Waals surface area (Å²) in [7, 11) is 0. The summed E-state index contributed by atoms with van der Waals surface area (Å²) in [6.07, 6.45) is 0. The van der Waals surface area contributed by atoms with Gasteiger partial charge in [-0.1, -0.05) is 23.8 Å². The van der Waals surface area contributed by atoms with Crippen LogP contribution in [0, 0.1) is 6.92 Å². The van der Waals surface area contributed by atoms with Crippen LogP contribution in [-0.4, -0.2) is 20.9 Å². The first-order valence-electron chi connectivity index (χ1n) is 6.16. The molecule has 0 saturated heterocycles. The molecular formula is C14H15N3O3. The average molecular weight is 273 g/mol.